The second kappa shape index (κ2) is 8.39. The van der Waals surface area contributed by atoms with Crippen molar-refractivity contribution < 1.29 is 23.1 Å². The van der Waals surface area contributed by atoms with E-state index in [4.69, 9.17) is 0 Å². The third kappa shape index (κ3) is 4.50. The van der Waals surface area contributed by atoms with Gasteiger partial charge in [-0.25, -0.2) is 8.42 Å². The molecule has 2 heterocycles. The van der Waals surface area contributed by atoms with Crippen LogP contribution in [0.4, 0.5) is 0 Å². The number of hydrogen-bond acceptors (Lipinski definition) is 4. The van der Waals surface area contributed by atoms with Gasteiger partial charge < -0.3 is 10.0 Å². The van der Waals surface area contributed by atoms with Crippen molar-refractivity contribution in [2.45, 2.75) is 43.4 Å². The Morgan fingerprint density at radius 1 is 1.00 bits per heavy atom. The lowest BCUT2D eigenvalue weighted by molar-refractivity contribution is -0.143. The highest BCUT2D eigenvalue weighted by molar-refractivity contribution is 7.89. The molecule has 0 saturated carbocycles. The summed E-state index contributed by atoms with van der Waals surface area (Å²) in [5.74, 6) is -1.77. The molecule has 0 aliphatic carbocycles. The Labute approximate surface area is 160 Å². The summed E-state index contributed by atoms with van der Waals surface area (Å²) in [5.41, 5.74) is 0.289. The number of carbonyl (C=O) groups excluding carboxylic acids is 1. The maximum Gasteiger partial charge on any atom is 0.308 e. The molecule has 1 atom stereocenters. The number of carboxylic acid groups (broad SMARTS) is 1. The molecule has 0 unspecified atom stereocenters. The van der Waals surface area contributed by atoms with Crippen molar-refractivity contribution in [3.05, 3.63) is 29.8 Å². The van der Waals surface area contributed by atoms with Crippen molar-refractivity contribution >= 4 is 21.9 Å². The number of rotatable bonds is 4. The van der Waals surface area contributed by atoms with Crippen LogP contribution in [0.2, 0.25) is 0 Å². The van der Waals surface area contributed by atoms with Gasteiger partial charge in [-0.05, 0) is 43.9 Å². The van der Waals surface area contributed by atoms with Crippen LogP contribution in [0.3, 0.4) is 0 Å². The molecule has 2 aliphatic heterocycles. The van der Waals surface area contributed by atoms with Gasteiger partial charge in [-0.15, -0.1) is 0 Å². The van der Waals surface area contributed by atoms with Gasteiger partial charge in [0.05, 0.1) is 10.8 Å². The van der Waals surface area contributed by atoms with Crippen molar-refractivity contribution in [2.24, 2.45) is 5.92 Å². The van der Waals surface area contributed by atoms with Crippen molar-refractivity contribution in [1.29, 1.82) is 0 Å². The Kier molecular flexibility index (Phi) is 6.16. The van der Waals surface area contributed by atoms with Gasteiger partial charge in [-0.3, -0.25) is 9.59 Å². The zero-order valence-corrected chi connectivity index (χ0v) is 16.2. The van der Waals surface area contributed by atoms with Gasteiger partial charge in [-0.1, -0.05) is 18.9 Å². The van der Waals surface area contributed by atoms with Crippen LogP contribution in [0.15, 0.2) is 29.2 Å². The lowest BCUT2D eigenvalue weighted by atomic mass is 9.97. The van der Waals surface area contributed by atoms with E-state index in [-0.39, 0.29) is 22.9 Å². The van der Waals surface area contributed by atoms with E-state index in [0.29, 0.717) is 32.5 Å². The zero-order chi connectivity index (χ0) is 19.4. The van der Waals surface area contributed by atoms with Crippen molar-refractivity contribution in [1.82, 2.24) is 9.21 Å². The SMILES string of the molecule is O=C(O)[C@H]1CCCN(C(=O)c2cccc(S(=O)(=O)N3CCCCCC3)c2)C1. The standard InChI is InChI=1S/C19H26N2O5S/c22-18(20-10-6-8-16(14-20)19(23)24)15-7-5-9-17(13-15)27(25,26)21-11-3-1-2-4-12-21/h5,7,9,13,16H,1-4,6,8,10-12,14H2,(H,23,24)/t16-/m0/s1. The van der Waals surface area contributed by atoms with E-state index < -0.39 is 21.9 Å². The molecule has 2 saturated heterocycles. The van der Waals surface area contributed by atoms with Gasteiger partial charge in [0, 0.05) is 31.7 Å². The van der Waals surface area contributed by atoms with E-state index in [0.717, 1.165) is 25.7 Å². The molecule has 1 aromatic carbocycles. The molecule has 2 aliphatic rings. The summed E-state index contributed by atoms with van der Waals surface area (Å²) >= 11 is 0. The summed E-state index contributed by atoms with van der Waals surface area (Å²) in [5, 5.41) is 9.20. The highest BCUT2D eigenvalue weighted by Gasteiger charge is 2.30. The van der Waals surface area contributed by atoms with Gasteiger partial charge in [0.15, 0.2) is 0 Å². The molecule has 1 aromatic rings. The molecule has 1 N–H and O–H groups in total. The molecule has 0 radical (unpaired) electrons. The van der Waals surface area contributed by atoms with Gasteiger partial charge in [-0.2, -0.15) is 4.31 Å². The van der Waals surface area contributed by atoms with E-state index >= 15 is 0 Å². The highest BCUT2D eigenvalue weighted by atomic mass is 32.2. The van der Waals surface area contributed by atoms with E-state index in [1.54, 1.807) is 12.1 Å². The molecule has 0 bridgehead atoms. The molecule has 27 heavy (non-hydrogen) atoms. The molecule has 1 amide bonds. The zero-order valence-electron chi connectivity index (χ0n) is 15.3. The first-order valence-electron chi connectivity index (χ1n) is 9.52. The fraction of sp³-hybridized carbons (Fsp3) is 0.579. The first-order valence-corrected chi connectivity index (χ1v) is 11.0. The van der Waals surface area contributed by atoms with Crippen molar-refractivity contribution in [3.63, 3.8) is 0 Å². The largest absolute Gasteiger partial charge is 0.481 e. The number of benzene rings is 1. The normalized spacial score (nSPS) is 22.2. The minimum Gasteiger partial charge on any atom is -0.481 e. The van der Waals surface area contributed by atoms with E-state index in [1.807, 2.05) is 0 Å². The molecule has 8 heteroatoms. The summed E-state index contributed by atoms with van der Waals surface area (Å²) in [6.45, 7) is 1.67. The smallest absolute Gasteiger partial charge is 0.308 e. The molecule has 7 nitrogen and oxygen atoms in total. The molecule has 2 fully saturated rings. The number of amides is 1. The van der Waals surface area contributed by atoms with Gasteiger partial charge in [0.2, 0.25) is 10.0 Å². The number of sulfonamides is 1. The summed E-state index contributed by atoms with van der Waals surface area (Å²) in [7, 11) is -3.63. The Balaban J connectivity index is 1.80. The third-order valence-electron chi connectivity index (χ3n) is 5.34. The Morgan fingerprint density at radius 3 is 2.37 bits per heavy atom. The summed E-state index contributed by atoms with van der Waals surface area (Å²) in [4.78, 5) is 25.7. The predicted molar refractivity (Wildman–Crippen MR) is 99.9 cm³/mol. The Bertz CT molecular complexity index is 800. The number of piperidine rings is 1. The number of carboxylic acids is 1. The van der Waals surface area contributed by atoms with Gasteiger partial charge >= 0.3 is 5.97 Å². The first kappa shape index (κ1) is 19.8. The number of aliphatic carboxylic acids is 1. The Hall–Kier alpha value is -1.93. The molecular weight excluding hydrogens is 368 g/mol. The van der Waals surface area contributed by atoms with E-state index in [2.05, 4.69) is 0 Å². The van der Waals surface area contributed by atoms with Crippen LogP contribution in [-0.2, 0) is 14.8 Å². The lowest BCUT2D eigenvalue weighted by Crippen LogP contribution is -2.42. The monoisotopic (exact) mass is 394 g/mol. The lowest BCUT2D eigenvalue weighted by Gasteiger charge is -2.31. The van der Waals surface area contributed by atoms with Crippen molar-refractivity contribution in [3.8, 4) is 0 Å². The Morgan fingerprint density at radius 2 is 1.70 bits per heavy atom. The van der Waals surface area contributed by atoms with Crippen LogP contribution in [-0.4, -0.2) is 60.8 Å². The van der Waals surface area contributed by atoms with Gasteiger partial charge in [0.1, 0.15) is 0 Å². The molecule has 148 valence electrons. The summed E-state index contributed by atoms with van der Waals surface area (Å²) in [6.07, 6.45) is 4.95. The second-order valence-electron chi connectivity index (χ2n) is 7.27. The first-order chi connectivity index (χ1) is 12.9. The van der Waals surface area contributed by atoms with Gasteiger partial charge in [0.25, 0.3) is 5.91 Å². The highest BCUT2D eigenvalue weighted by Crippen LogP contribution is 2.23. The molecular formula is C19H26N2O5S. The van der Waals surface area contributed by atoms with Crippen LogP contribution >= 0.6 is 0 Å². The number of nitrogens with zero attached hydrogens (tertiary/aromatic N) is 2. The summed E-state index contributed by atoms with van der Waals surface area (Å²) in [6, 6.07) is 6.12. The maximum atomic E-state index is 13.0. The number of carbonyl (C=O) groups is 2. The van der Waals surface area contributed by atoms with E-state index in [9.17, 15) is 23.1 Å². The van der Waals surface area contributed by atoms with E-state index in [1.165, 1.54) is 21.3 Å². The van der Waals surface area contributed by atoms with Crippen LogP contribution in [0.1, 0.15) is 48.9 Å². The quantitative estimate of drug-likeness (QED) is 0.845. The average Bonchev–Trinajstić information content (AvgIpc) is 2.97. The molecule has 3 rings (SSSR count). The fourth-order valence-corrected chi connectivity index (χ4v) is 5.33. The average molecular weight is 394 g/mol. The minimum atomic E-state index is -3.63. The van der Waals surface area contributed by atoms with Crippen molar-refractivity contribution in [2.75, 3.05) is 26.2 Å². The minimum absolute atomic E-state index is 0.127. The predicted octanol–water partition coefficient (Wildman–Crippen LogP) is 2.19. The fourth-order valence-electron chi connectivity index (χ4n) is 3.77. The second-order valence-corrected chi connectivity index (χ2v) is 9.21. The van der Waals surface area contributed by atoms with Crippen LogP contribution in [0.25, 0.3) is 0 Å². The topological polar surface area (TPSA) is 95.0 Å². The third-order valence-corrected chi connectivity index (χ3v) is 7.24. The molecule has 0 aromatic heterocycles. The summed E-state index contributed by atoms with van der Waals surface area (Å²) < 4.78 is 27.4. The maximum absolute atomic E-state index is 13.0. The van der Waals surface area contributed by atoms with Crippen LogP contribution in [0, 0.1) is 5.92 Å². The van der Waals surface area contributed by atoms with Crippen LogP contribution < -0.4 is 0 Å². The number of likely N-dealkylation sites (tertiary alicyclic amines) is 1. The van der Waals surface area contributed by atoms with Crippen LogP contribution in [0.5, 0.6) is 0 Å². The number of hydrogen-bond donors (Lipinski definition) is 1. The molecule has 0 spiro atoms.